The zero-order valence-electron chi connectivity index (χ0n) is 8.94. The van der Waals surface area contributed by atoms with Crippen molar-refractivity contribution in [3.05, 3.63) is 0 Å². The van der Waals surface area contributed by atoms with E-state index >= 15 is 0 Å². The van der Waals surface area contributed by atoms with Gasteiger partial charge in [0.05, 0.1) is 19.1 Å². The summed E-state index contributed by atoms with van der Waals surface area (Å²) in [5, 5.41) is 0.693. The fourth-order valence-electron chi connectivity index (χ4n) is 1.99. The molecule has 0 radical (unpaired) electrons. The van der Waals surface area contributed by atoms with Gasteiger partial charge in [0, 0.05) is 18.5 Å². The topological polar surface area (TPSA) is 35.5 Å². The molecule has 2 rings (SSSR count). The Hall–Kier alpha value is -0.0600. The van der Waals surface area contributed by atoms with Crippen LogP contribution in [-0.2, 0) is 14.3 Å². The van der Waals surface area contributed by atoms with Crippen LogP contribution in [0.5, 0.6) is 0 Å². The molecule has 2 atom stereocenters. The fourth-order valence-corrected chi connectivity index (χ4v) is 3.15. The normalized spacial score (nSPS) is 32.5. The molecule has 4 heteroatoms. The Labute approximate surface area is 94.9 Å². The standard InChI is InChI=1S/C11H18O3S/c12-11(9-3-1-5-13-7-9)15-10-4-2-6-14-8-10/h9-10H,1-8H2. The van der Waals surface area contributed by atoms with Crippen LogP contribution in [0.2, 0.25) is 0 Å². The molecule has 0 saturated carbocycles. The van der Waals surface area contributed by atoms with Gasteiger partial charge < -0.3 is 9.47 Å². The summed E-state index contributed by atoms with van der Waals surface area (Å²) in [4.78, 5) is 11.9. The van der Waals surface area contributed by atoms with E-state index in [4.69, 9.17) is 9.47 Å². The molecule has 15 heavy (non-hydrogen) atoms. The number of carbonyl (C=O) groups is 1. The van der Waals surface area contributed by atoms with Gasteiger partial charge in [-0.25, -0.2) is 0 Å². The zero-order chi connectivity index (χ0) is 10.5. The van der Waals surface area contributed by atoms with E-state index in [0.29, 0.717) is 17.0 Å². The summed E-state index contributed by atoms with van der Waals surface area (Å²) in [6.45, 7) is 3.04. The number of hydrogen-bond acceptors (Lipinski definition) is 4. The molecular weight excluding hydrogens is 212 g/mol. The highest BCUT2D eigenvalue weighted by Gasteiger charge is 2.26. The second kappa shape index (κ2) is 5.87. The van der Waals surface area contributed by atoms with Gasteiger partial charge in [0.1, 0.15) is 0 Å². The molecule has 0 aromatic rings. The fraction of sp³-hybridized carbons (Fsp3) is 0.909. The third kappa shape index (κ3) is 3.47. The van der Waals surface area contributed by atoms with Crippen molar-refractivity contribution in [2.75, 3.05) is 26.4 Å². The molecule has 0 aromatic carbocycles. The van der Waals surface area contributed by atoms with Gasteiger partial charge in [0.15, 0.2) is 5.12 Å². The van der Waals surface area contributed by atoms with Crippen LogP contribution in [0.1, 0.15) is 25.7 Å². The molecule has 3 nitrogen and oxygen atoms in total. The molecule has 2 heterocycles. The van der Waals surface area contributed by atoms with Crippen molar-refractivity contribution in [3.63, 3.8) is 0 Å². The average molecular weight is 230 g/mol. The zero-order valence-corrected chi connectivity index (χ0v) is 9.76. The van der Waals surface area contributed by atoms with E-state index in [1.165, 1.54) is 11.8 Å². The third-order valence-corrected chi connectivity index (χ3v) is 4.17. The Balaban J connectivity index is 1.74. The summed E-state index contributed by atoms with van der Waals surface area (Å²) in [6.07, 6.45) is 4.23. The maximum atomic E-state index is 11.9. The van der Waals surface area contributed by atoms with Crippen molar-refractivity contribution in [2.45, 2.75) is 30.9 Å². The summed E-state index contributed by atoms with van der Waals surface area (Å²) >= 11 is 1.48. The van der Waals surface area contributed by atoms with Crippen molar-refractivity contribution < 1.29 is 14.3 Å². The summed E-state index contributed by atoms with van der Waals surface area (Å²) < 4.78 is 10.7. The highest BCUT2D eigenvalue weighted by atomic mass is 32.2. The Morgan fingerprint density at radius 2 is 1.80 bits per heavy atom. The minimum absolute atomic E-state index is 0.130. The van der Waals surface area contributed by atoms with Gasteiger partial charge in [-0.1, -0.05) is 11.8 Å². The van der Waals surface area contributed by atoms with E-state index in [2.05, 4.69) is 0 Å². The summed E-state index contributed by atoms with van der Waals surface area (Å²) in [7, 11) is 0. The van der Waals surface area contributed by atoms with Gasteiger partial charge in [-0.05, 0) is 25.7 Å². The van der Waals surface area contributed by atoms with Gasteiger partial charge in [-0.2, -0.15) is 0 Å². The minimum Gasteiger partial charge on any atom is -0.381 e. The van der Waals surface area contributed by atoms with Crippen molar-refractivity contribution in [2.24, 2.45) is 5.92 Å². The van der Waals surface area contributed by atoms with E-state index < -0.39 is 0 Å². The average Bonchev–Trinajstić information content (AvgIpc) is 2.31. The molecule has 2 fully saturated rings. The first kappa shape index (κ1) is 11.4. The number of carbonyl (C=O) groups excluding carboxylic acids is 1. The quantitative estimate of drug-likeness (QED) is 0.725. The lowest BCUT2D eigenvalue weighted by Crippen LogP contribution is -2.27. The molecule has 2 saturated heterocycles. The molecule has 2 unspecified atom stereocenters. The molecular formula is C11H18O3S. The van der Waals surface area contributed by atoms with Crippen LogP contribution in [-0.4, -0.2) is 36.8 Å². The lowest BCUT2D eigenvalue weighted by molar-refractivity contribution is -0.118. The molecule has 2 aliphatic heterocycles. The van der Waals surface area contributed by atoms with Gasteiger partial charge in [-0.15, -0.1) is 0 Å². The summed E-state index contributed by atoms with van der Waals surface area (Å²) in [5.41, 5.74) is 0. The smallest absolute Gasteiger partial charge is 0.194 e. The largest absolute Gasteiger partial charge is 0.381 e. The lowest BCUT2D eigenvalue weighted by Gasteiger charge is -2.25. The van der Waals surface area contributed by atoms with E-state index in [9.17, 15) is 4.79 Å². The van der Waals surface area contributed by atoms with E-state index in [1.807, 2.05) is 0 Å². The van der Waals surface area contributed by atoms with Gasteiger partial charge in [0.2, 0.25) is 0 Å². The lowest BCUT2D eigenvalue weighted by atomic mass is 10.0. The number of ether oxygens (including phenoxy) is 2. The van der Waals surface area contributed by atoms with Crippen molar-refractivity contribution in [1.29, 1.82) is 0 Å². The van der Waals surface area contributed by atoms with Gasteiger partial charge in [0.25, 0.3) is 0 Å². The first-order valence-corrected chi connectivity index (χ1v) is 6.60. The molecule has 0 aromatic heterocycles. The third-order valence-electron chi connectivity index (χ3n) is 2.89. The number of rotatable bonds is 2. The maximum absolute atomic E-state index is 11.9. The van der Waals surface area contributed by atoms with Crippen LogP contribution in [0.3, 0.4) is 0 Å². The first-order chi connectivity index (χ1) is 7.36. The van der Waals surface area contributed by atoms with Crippen LogP contribution in [0.15, 0.2) is 0 Å². The van der Waals surface area contributed by atoms with E-state index in [-0.39, 0.29) is 5.92 Å². The minimum atomic E-state index is 0.130. The predicted octanol–water partition coefficient (Wildman–Crippen LogP) is 1.85. The Bertz CT molecular complexity index is 208. The second-order valence-corrected chi connectivity index (χ2v) is 5.49. The van der Waals surface area contributed by atoms with Crippen LogP contribution in [0.4, 0.5) is 0 Å². The first-order valence-electron chi connectivity index (χ1n) is 5.72. The second-order valence-electron chi connectivity index (χ2n) is 4.19. The summed E-state index contributed by atoms with van der Waals surface area (Å²) in [6, 6.07) is 0. The maximum Gasteiger partial charge on any atom is 0.194 e. The van der Waals surface area contributed by atoms with E-state index in [1.54, 1.807) is 0 Å². The van der Waals surface area contributed by atoms with Crippen LogP contribution in [0.25, 0.3) is 0 Å². The molecule has 0 N–H and O–H groups in total. The summed E-state index contributed by atoms with van der Waals surface area (Å²) in [5.74, 6) is 0.130. The molecule has 86 valence electrons. The van der Waals surface area contributed by atoms with Gasteiger partial charge in [-0.3, -0.25) is 4.79 Å². The molecule has 0 spiro atoms. The van der Waals surface area contributed by atoms with Crippen LogP contribution in [0, 0.1) is 5.92 Å². The van der Waals surface area contributed by atoms with Crippen LogP contribution >= 0.6 is 11.8 Å². The van der Waals surface area contributed by atoms with Gasteiger partial charge >= 0.3 is 0 Å². The number of hydrogen-bond donors (Lipinski definition) is 0. The van der Waals surface area contributed by atoms with E-state index in [0.717, 1.165) is 45.5 Å². The van der Waals surface area contributed by atoms with Crippen molar-refractivity contribution >= 4 is 16.9 Å². The predicted molar refractivity (Wildman–Crippen MR) is 60.0 cm³/mol. The molecule has 2 aliphatic rings. The molecule has 0 amide bonds. The Kier molecular flexibility index (Phi) is 4.47. The highest BCUT2D eigenvalue weighted by molar-refractivity contribution is 8.14. The Morgan fingerprint density at radius 1 is 1.07 bits per heavy atom. The molecule has 0 bridgehead atoms. The highest BCUT2D eigenvalue weighted by Crippen LogP contribution is 2.27. The Morgan fingerprint density at radius 3 is 2.40 bits per heavy atom. The van der Waals surface area contributed by atoms with Crippen molar-refractivity contribution in [3.8, 4) is 0 Å². The van der Waals surface area contributed by atoms with Crippen molar-refractivity contribution in [1.82, 2.24) is 0 Å². The monoisotopic (exact) mass is 230 g/mol. The number of thioether (sulfide) groups is 1. The molecule has 0 aliphatic carbocycles. The van der Waals surface area contributed by atoms with Crippen LogP contribution < -0.4 is 0 Å². The SMILES string of the molecule is O=C(SC1CCCOC1)C1CCCOC1.